The van der Waals surface area contributed by atoms with Crippen LogP contribution in [0.2, 0.25) is 0 Å². The van der Waals surface area contributed by atoms with Crippen LogP contribution in [0.1, 0.15) is 13.3 Å². The van der Waals surface area contributed by atoms with Crippen molar-refractivity contribution in [3.63, 3.8) is 0 Å². The first-order valence-electron chi connectivity index (χ1n) is 5.75. The molecule has 0 aliphatic carbocycles. The van der Waals surface area contributed by atoms with Gasteiger partial charge in [-0.1, -0.05) is 6.92 Å². The lowest BCUT2D eigenvalue weighted by molar-refractivity contribution is 0.445. The maximum Gasteiger partial charge on any atom is 0.182 e. The fourth-order valence-corrected chi connectivity index (χ4v) is 2.19. The van der Waals surface area contributed by atoms with Gasteiger partial charge in [-0.05, 0) is 6.42 Å². The van der Waals surface area contributed by atoms with Crippen LogP contribution in [0.25, 0.3) is 0 Å². The van der Waals surface area contributed by atoms with Gasteiger partial charge in [0.05, 0.1) is 5.69 Å². The average molecular weight is 244 g/mol. The molecule has 2 rings (SSSR count). The highest BCUT2D eigenvalue weighted by atomic mass is 19.2. The summed E-state index contributed by atoms with van der Waals surface area (Å²) in [5.41, 5.74) is 0.0239. The average Bonchev–Trinajstić information content (AvgIpc) is 2.33. The number of anilines is 1. The number of benzene rings is 1. The summed E-state index contributed by atoms with van der Waals surface area (Å²) in [6.45, 7) is 3.92. The normalized spacial score (nSPS) is 20.7. The number of rotatable bonds is 2. The van der Waals surface area contributed by atoms with Gasteiger partial charge in [-0.15, -0.1) is 0 Å². The zero-order chi connectivity index (χ0) is 12.4. The lowest BCUT2D eigenvalue weighted by atomic mass is 10.1. The van der Waals surface area contributed by atoms with Crippen LogP contribution in [0.5, 0.6) is 0 Å². The van der Waals surface area contributed by atoms with Gasteiger partial charge in [-0.2, -0.15) is 0 Å². The molecule has 1 aromatic rings. The second-order valence-electron chi connectivity index (χ2n) is 4.18. The third-order valence-corrected chi connectivity index (χ3v) is 3.10. The standard InChI is InChI=1S/C12H15F3N2/c1-2-9-7-16-3-4-17(9)11-6-8(13)5-10(14)12(11)15/h5-6,9,16H,2-4,7H2,1H3. The van der Waals surface area contributed by atoms with Gasteiger partial charge in [-0.3, -0.25) is 0 Å². The molecule has 0 bridgehead atoms. The highest BCUT2D eigenvalue weighted by Gasteiger charge is 2.25. The van der Waals surface area contributed by atoms with E-state index in [1.807, 2.05) is 6.92 Å². The van der Waals surface area contributed by atoms with Crippen LogP contribution < -0.4 is 10.2 Å². The third-order valence-electron chi connectivity index (χ3n) is 3.10. The van der Waals surface area contributed by atoms with Crippen molar-refractivity contribution in [1.82, 2.24) is 5.32 Å². The Labute approximate surface area is 98.4 Å². The van der Waals surface area contributed by atoms with E-state index >= 15 is 0 Å². The van der Waals surface area contributed by atoms with Crippen LogP contribution >= 0.6 is 0 Å². The monoisotopic (exact) mass is 244 g/mol. The van der Waals surface area contributed by atoms with Crippen molar-refractivity contribution in [1.29, 1.82) is 0 Å². The Morgan fingerprint density at radius 3 is 2.82 bits per heavy atom. The topological polar surface area (TPSA) is 15.3 Å². The first-order chi connectivity index (χ1) is 8.13. The Bertz CT molecular complexity index is 409. The molecule has 1 aromatic carbocycles. The molecule has 5 heteroatoms. The number of nitrogens with zero attached hydrogens (tertiary/aromatic N) is 1. The summed E-state index contributed by atoms with van der Waals surface area (Å²) in [6, 6.07) is 1.70. The maximum atomic E-state index is 13.7. The van der Waals surface area contributed by atoms with E-state index in [4.69, 9.17) is 0 Å². The van der Waals surface area contributed by atoms with E-state index in [1.165, 1.54) is 0 Å². The van der Waals surface area contributed by atoms with Crippen molar-refractivity contribution in [2.24, 2.45) is 0 Å². The highest BCUT2D eigenvalue weighted by Crippen LogP contribution is 2.26. The number of hydrogen-bond acceptors (Lipinski definition) is 2. The second kappa shape index (κ2) is 4.96. The predicted octanol–water partition coefficient (Wildman–Crippen LogP) is 2.29. The van der Waals surface area contributed by atoms with Crippen LogP contribution in [-0.4, -0.2) is 25.7 Å². The molecular formula is C12H15F3N2. The number of hydrogen-bond donors (Lipinski definition) is 1. The van der Waals surface area contributed by atoms with Gasteiger partial charge in [-0.25, -0.2) is 13.2 Å². The van der Waals surface area contributed by atoms with Crippen LogP contribution in [0, 0.1) is 17.5 Å². The van der Waals surface area contributed by atoms with Crippen LogP contribution in [-0.2, 0) is 0 Å². The van der Waals surface area contributed by atoms with Gasteiger partial charge in [0.15, 0.2) is 11.6 Å². The zero-order valence-electron chi connectivity index (χ0n) is 9.64. The van der Waals surface area contributed by atoms with Crippen molar-refractivity contribution in [3.8, 4) is 0 Å². The SMILES string of the molecule is CCC1CNCCN1c1cc(F)cc(F)c1F. The molecule has 1 fully saturated rings. The van der Waals surface area contributed by atoms with E-state index < -0.39 is 17.5 Å². The quantitative estimate of drug-likeness (QED) is 0.803. The molecule has 94 valence electrons. The summed E-state index contributed by atoms with van der Waals surface area (Å²) >= 11 is 0. The predicted molar refractivity (Wildman–Crippen MR) is 60.6 cm³/mol. The van der Waals surface area contributed by atoms with Crippen molar-refractivity contribution in [2.75, 3.05) is 24.5 Å². The van der Waals surface area contributed by atoms with Gasteiger partial charge < -0.3 is 10.2 Å². The number of nitrogens with one attached hydrogen (secondary N) is 1. The van der Waals surface area contributed by atoms with Gasteiger partial charge >= 0.3 is 0 Å². The Morgan fingerprint density at radius 1 is 1.35 bits per heavy atom. The minimum atomic E-state index is -1.13. The highest BCUT2D eigenvalue weighted by molar-refractivity contribution is 5.50. The summed E-state index contributed by atoms with van der Waals surface area (Å²) in [4.78, 5) is 1.73. The first kappa shape index (κ1) is 12.2. The van der Waals surface area contributed by atoms with E-state index in [0.29, 0.717) is 25.7 Å². The smallest absolute Gasteiger partial charge is 0.182 e. The molecule has 1 saturated heterocycles. The van der Waals surface area contributed by atoms with Gasteiger partial charge in [0, 0.05) is 37.8 Å². The van der Waals surface area contributed by atoms with Gasteiger partial charge in [0.2, 0.25) is 0 Å². The molecule has 0 spiro atoms. The van der Waals surface area contributed by atoms with E-state index in [1.54, 1.807) is 4.90 Å². The Morgan fingerprint density at radius 2 is 2.12 bits per heavy atom. The Hall–Kier alpha value is -1.23. The number of halogens is 3. The molecule has 1 aliphatic rings. The van der Waals surface area contributed by atoms with Gasteiger partial charge in [0.1, 0.15) is 5.82 Å². The molecule has 2 nitrogen and oxygen atoms in total. The number of piperazine rings is 1. The van der Waals surface area contributed by atoms with E-state index in [9.17, 15) is 13.2 Å². The molecular weight excluding hydrogens is 229 g/mol. The van der Waals surface area contributed by atoms with Crippen LogP contribution in [0.3, 0.4) is 0 Å². The minimum Gasteiger partial charge on any atom is -0.363 e. The lowest BCUT2D eigenvalue weighted by Crippen LogP contribution is -2.51. The first-order valence-corrected chi connectivity index (χ1v) is 5.75. The Balaban J connectivity index is 2.37. The summed E-state index contributed by atoms with van der Waals surface area (Å²) in [6.07, 6.45) is 0.796. The molecule has 1 atom stereocenters. The molecule has 0 amide bonds. The molecule has 0 saturated carbocycles. The van der Waals surface area contributed by atoms with E-state index in [0.717, 1.165) is 12.5 Å². The molecule has 1 N–H and O–H groups in total. The van der Waals surface area contributed by atoms with Crippen molar-refractivity contribution in [3.05, 3.63) is 29.6 Å². The largest absolute Gasteiger partial charge is 0.363 e. The molecule has 17 heavy (non-hydrogen) atoms. The zero-order valence-corrected chi connectivity index (χ0v) is 9.64. The lowest BCUT2D eigenvalue weighted by Gasteiger charge is -2.37. The molecule has 0 aromatic heterocycles. The van der Waals surface area contributed by atoms with Crippen LogP contribution in [0.15, 0.2) is 12.1 Å². The van der Waals surface area contributed by atoms with Crippen molar-refractivity contribution in [2.45, 2.75) is 19.4 Å². The molecule has 1 aliphatic heterocycles. The van der Waals surface area contributed by atoms with Crippen LogP contribution in [0.4, 0.5) is 18.9 Å². The maximum absolute atomic E-state index is 13.7. The summed E-state index contributed by atoms with van der Waals surface area (Å²) in [5.74, 6) is -2.84. The fourth-order valence-electron chi connectivity index (χ4n) is 2.19. The molecule has 1 heterocycles. The summed E-state index contributed by atoms with van der Waals surface area (Å²) in [7, 11) is 0. The summed E-state index contributed by atoms with van der Waals surface area (Å²) in [5, 5.41) is 3.18. The van der Waals surface area contributed by atoms with E-state index in [2.05, 4.69) is 5.32 Å². The molecule has 1 unspecified atom stereocenters. The molecule has 0 radical (unpaired) electrons. The second-order valence-corrected chi connectivity index (χ2v) is 4.18. The fraction of sp³-hybridized carbons (Fsp3) is 0.500. The van der Waals surface area contributed by atoms with E-state index in [-0.39, 0.29) is 11.7 Å². The van der Waals surface area contributed by atoms with Crippen molar-refractivity contribution < 1.29 is 13.2 Å². The minimum absolute atomic E-state index is 0.0239. The summed E-state index contributed by atoms with van der Waals surface area (Å²) < 4.78 is 40.0. The Kier molecular flexibility index (Phi) is 3.57. The third kappa shape index (κ3) is 2.39. The van der Waals surface area contributed by atoms with Crippen molar-refractivity contribution >= 4 is 5.69 Å². The van der Waals surface area contributed by atoms with Gasteiger partial charge in [0.25, 0.3) is 0 Å².